The second kappa shape index (κ2) is 6.98. The van der Waals surface area contributed by atoms with E-state index in [-0.39, 0.29) is 5.91 Å². The van der Waals surface area contributed by atoms with Crippen LogP contribution in [0.5, 0.6) is 0 Å². The molecule has 0 saturated carbocycles. The molecule has 1 fully saturated rings. The molecule has 4 N–H and O–H groups in total. The summed E-state index contributed by atoms with van der Waals surface area (Å²) in [6.45, 7) is 2.36. The molecule has 7 heteroatoms. The van der Waals surface area contributed by atoms with Crippen LogP contribution in [0.15, 0.2) is 30.3 Å². The fraction of sp³-hybridized carbons (Fsp3) is 0.400. The number of hydrogen-bond acceptors (Lipinski definition) is 5. The number of nitrogens with two attached hydrogens (primary N) is 2. The van der Waals surface area contributed by atoms with Crippen molar-refractivity contribution in [2.45, 2.75) is 24.7 Å². The van der Waals surface area contributed by atoms with Gasteiger partial charge in [0, 0.05) is 24.4 Å². The van der Waals surface area contributed by atoms with Crippen LogP contribution in [0.25, 0.3) is 0 Å². The Morgan fingerprint density at radius 2 is 1.85 bits per heavy atom. The second-order valence-electron chi connectivity index (χ2n) is 7.14. The molecule has 2 aromatic rings. The summed E-state index contributed by atoms with van der Waals surface area (Å²) < 4.78 is 5.42. The summed E-state index contributed by atoms with van der Waals surface area (Å²) in [4.78, 5) is 28.4. The Hall–Kier alpha value is -2.38. The van der Waals surface area contributed by atoms with Gasteiger partial charge in [-0.25, -0.2) is 0 Å². The highest BCUT2D eigenvalue weighted by molar-refractivity contribution is 7.16. The number of nitrogen functional groups attached to an aromatic ring is 1. The van der Waals surface area contributed by atoms with Crippen LogP contribution in [0, 0.1) is 0 Å². The third kappa shape index (κ3) is 3.00. The van der Waals surface area contributed by atoms with E-state index in [4.69, 9.17) is 16.2 Å². The Morgan fingerprint density at radius 3 is 2.52 bits per heavy atom. The topological polar surface area (TPSA) is 98.7 Å². The van der Waals surface area contributed by atoms with Crippen LogP contribution in [0.3, 0.4) is 0 Å². The fourth-order valence-electron chi connectivity index (χ4n) is 4.29. The van der Waals surface area contributed by atoms with Crippen molar-refractivity contribution in [3.8, 4) is 0 Å². The molecule has 4 rings (SSSR count). The third-order valence-corrected chi connectivity index (χ3v) is 6.72. The largest absolute Gasteiger partial charge is 0.390 e. The molecular weight excluding hydrogens is 362 g/mol. The van der Waals surface area contributed by atoms with E-state index in [2.05, 4.69) is 0 Å². The summed E-state index contributed by atoms with van der Waals surface area (Å²) in [5.74, 6) is -0.355. The standard InChI is InChI=1S/C20H23N3O3S/c21-17(24)16-14-6-7-20(12-15(14)27-18(16)22,13-4-2-1-3-5-13)19(25)23-8-10-26-11-9-23/h1-5H,6-12,22H2,(H2,21,24). The number of amides is 2. The molecule has 1 aromatic carbocycles. The Labute approximate surface area is 162 Å². The molecule has 0 spiro atoms. The first-order valence-electron chi connectivity index (χ1n) is 9.15. The lowest BCUT2D eigenvalue weighted by atomic mass is 9.68. The van der Waals surface area contributed by atoms with Crippen molar-refractivity contribution in [2.24, 2.45) is 5.73 Å². The van der Waals surface area contributed by atoms with Crippen molar-refractivity contribution in [1.82, 2.24) is 4.90 Å². The number of benzene rings is 1. The summed E-state index contributed by atoms with van der Waals surface area (Å²) >= 11 is 1.39. The van der Waals surface area contributed by atoms with E-state index < -0.39 is 11.3 Å². The maximum atomic E-state index is 13.7. The Balaban J connectivity index is 1.78. The van der Waals surface area contributed by atoms with E-state index in [0.29, 0.717) is 56.1 Å². The molecule has 1 unspecified atom stereocenters. The average molecular weight is 385 g/mol. The number of carbonyl (C=O) groups excluding carboxylic acids is 2. The minimum Gasteiger partial charge on any atom is -0.390 e. The van der Waals surface area contributed by atoms with Crippen LogP contribution in [0.1, 0.15) is 32.8 Å². The van der Waals surface area contributed by atoms with Gasteiger partial charge >= 0.3 is 0 Å². The zero-order valence-corrected chi connectivity index (χ0v) is 15.9. The minimum atomic E-state index is -0.641. The van der Waals surface area contributed by atoms with Crippen molar-refractivity contribution >= 4 is 28.2 Å². The smallest absolute Gasteiger partial charge is 0.251 e. The molecule has 142 valence electrons. The Morgan fingerprint density at radius 1 is 1.15 bits per heavy atom. The molecule has 2 heterocycles. The molecular formula is C20H23N3O3S. The van der Waals surface area contributed by atoms with E-state index in [1.54, 1.807) is 0 Å². The summed E-state index contributed by atoms with van der Waals surface area (Å²) in [7, 11) is 0. The highest BCUT2D eigenvalue weighted by Crippen LogP contribution is 2.45. The van der Waals surface area contributed by atoms with Gasteiger partial charge in [0.05, 0.1) is 29.2 Å². The number of primary amides is 1. The highest BCUT2D eigenvalue weighted by atomic mass is 32.1. The minimum absolute atomic E-state index is 0.134. The number of anilines is 1. The van der Waals surface area contributed by atoms with Gasteiger partial charge in [0.15, 0.2) is 0 Å². The van der Waals surface area contributed by atoms with Gasteiger partial charge in [-0.2, -0.15) is 0 Å². The SMILES string of the molecule is NC(=O)c1c(N)sc2c1CCC(C(=O)N1CCOCC1)(c1ccccc1)C2. The zero-order valence-electron chi connectivity index (χ0n) is 15.1. The number of rotatable bonds is 3. The van der Waals surface area contributed by atoms with Crippen LogP contribution in [0.4, 0.5) is 5.00 Å². The highest BCUT2D eigenvalue weighted by Gasteiger charge is 2.46. The lowest BCUT2D eigenvalue weighted by Crippen LogP contribution is -2.53. The molecule has 2 aliphatic rings. The molecule has 0 radical (unpaired) electrons. The number of fused-ring (bicyclic) bond motifs is 1. The maximum absolute atomic E-state index is 13.7. The summed E-state index contributed by atoms with van der Waals surface area (Å²) in [6, 6.07) is 9.94. The van der Waals surface area contributed by atoms with Gasteiger partial charge < -0.3 is 21.1 Å². The van der Waals surface area contributed by atoms with Gasteiger partial charge in [-0.1, -0.05) is 30.3 Å². The van der Waals surface area contributed by atoms with Crippen molar-refractivity contribution in [3.63, 3.8) is 0 Å². The van der Waals surface area contributed by atoms with Gasteiger partial charge in [0.1, 0.15) is 0 Å². The van der Waals surface area contributed by atoms with Crippen LogP contribution < -0.4 is 11.5 Å². The third-order valence-electron chi connectivity index (χ3n) is 5.66. The first kappa shape index (κ1) is 18.0. The number of hydrogen-bond donors (Lipinski definition) is 2. The Bertz CT molecular complexity index is 874. The first-order valence-corrected chi connectivity index (χ1v) is 9.97. The van der Waals surface area contributed by atoms with Gasteiger partial charge in [0.2, 0.25) is 5.91 Å². The van der Waals surface area contributed by atoms with Crippen LogP contribution in [-0.2, 0) is 27.8 Å². The molecule has 27 heavy (non-hydrogen) atoms. The summed E-state index contributed by atoms with van der Waals surface area (Å²) in [5.41, 5.74) is 13.3. The van der Waals surface area contributed by atoms with Gasteiger partial charge in [-0.15, -0.1) is 11.3 Å². The first-order chi connectivity index (χ1) is 13.0. The van der Waals surface area contributed by atoms with Gasteiger partial charge in [-0.3, -0.25) is 9.59 Å². The maximum Gasteiger partial charge on any atom is 0.251 e. The van der Waals surface area contributed by atoms with Crippen molar-refractivity contribution < 1.29 is 14.3 Å². The number of thiophene rings is 1. The predicted octanol–water partition coefficient (Wildman–Crippen LogP) is 1.71. The van der Waals surface area contributed by atoms with E-state index >= 15 is 0 Å². The van der Waals surface area contributed by atoms with Crippen molar-refractivity contribution in [2.75, 3.05) is 32.0 Å². The van der Waals surface area contributed by atoms with Crippen LogP contribution in [0.2, 0.25) is 0 Å². The second-order valence-corrected chi connectivity index (χ2v) is 8.27. The fourth-order valence-corrected chi connectivity index (χ4v) is 5.53. The number of ether oxygens (including phenoxy) is 1. The average Bonchev–Trinajstić information content (AvgIpc) is 3.03. The van der Waals surface area contributed by atoms with E-state index in [0.717, 1.165) is 16.0 Å². The number of nitrogens with zero attached hydrogens (tertiary/aromatic N) is 1. The molecule has 6 nitrogen and oxygen atoms in total. The molecule has 2 amide bonds. The van der Waals surface area contributed by atoms with Gasteiger partial charge in [0.25, 0.3) is 5.91 Å². The van der Waals surface area contributed by atoms with Crippen molar-refractivity contribution in [3.05, 3.63) is 51.9 Å². The number of morpholine rings is 1. The summed E-state index contributed by atoms with van der Waals surface area (Å²) in [6.07, 6.45) is 1.80. The molecule has 0 bridgehead atoms. The van der Waals surface area contributed by atoms with E-state index in [1.807, 2.05) is 35.2 Å². The monoisotopic (exact) mass is 385 g/mol. The molecule has 1 aliphatic carbocycles. The lowest BCUT2D eigenvalue weighted by molar-refractivity contribution is -0.142. The number of carbonyl (C=O) groups is 2. The molecule has 1 saturated heterocycles. The molecule has 1 aliphatic heterocycles. The van der Waals surface area contributed by atoms with Crippen molar-refractivity contribution in [1.29, 1.82) is 0 Å². The lowest BCUT2D eigenvalue weighted by Gasteiger charge is -2.41. The quantitative estimate of drug-likeness (QED) is 0.840. The van der Waals surface area contributed by atoms with Gasteiger partial charge in [-0.05, 0) is 24.0 Å². The normalized spacial score (nSPS) is 22.3. The Kier molecular flexibility index (Phi) is 4.65. The summed E-state index contributed by atoms with van der Waals surface area (Å²) in [5, 5.41) is 0.454. The molecule has 1 aromatic heterocycles. The van der Waals surface area contributed by atoms with Crippen LogP contribution in [-0.4, -0.2) is 43.0 Å². The van der Waals surface area contributed by atoms with Crippen LogP contribution >= 0.6 is 11.3 Å². The molecule has 1 atom stereocenters. The van der Waals surface area contributed by atoms with E-state index in [9.17, 15) is 9.59 Å². The zero-order chi connectivity index (χ0) is 19.0. The predicted molar refractivity (Wildman–Crippen MR) is 105 cm³/mol. The van der Waals surface area contributed by atoms with E-state index in [1.165, 1.54) is 11.3 Å².